The number of aromatic nitrogens is 1. The molecule has 0 bridgehead atoms. The Hall–Kier alpha value is -1.12. The minimum Gasteiger partial charge on any atom is -0.327 e. The second kappa shape index (κ2) is 3.44. The Morgan fingerprint density at radius 1 is 1.29 bits per heavy atom. The fraction of sp³-hybridized carbons (Fsp3) is 0.357. The minimum absolute atomic E-state index is 0.133. The topological polar surface area (TPSA) is 38.9 Å². The van der Waals surface area contributed by atoms with Crippen molar-refractivity contribution in [3.8, 4) is 0 Å². The van der Waals surface area contributed by atoms with Crippen LogP contribution in [0.2, 0.25) is 5.15 Å². The molecule has 0 radical (unpaired) electrons. The first-order valence-electron chi connectivity index (χ1n) is 5.82. The van der Waals surface area contributed by atoms with E-state index in [4.69, 9.17) is 17.3 Å². The molecule has 1 aliphatic rings. The monoisotopic (exact) mass is 246 g/mol. The van der Waals surface area contributed by atoms with Gasteiger partial charge < -0.3 is 5.73 Å². The quantitative estimate of drug-likeness (QED) is 0.784. The van der Waals surface area contributed by atoms with Crippen molar-refractivity contribution in [1.82, 2.24) is 4.98 Å². The van der Waals surface area contributed by atoms with Crippen molar-refractivity contribution < 1.29 is 0 Å². The minimum atomic E-state index is 0.133. The highest BCUT2D eigenvalue weighted by molar-refractivity contribution is 6.30. The molecular formula is C14H15ClN2. The maximum Gasteiger partial charge on any atom is 0.133 e. The lowest BCUT2D eigenvalue weighted by atomic mass is 10.0. The molecular weight excluding hydrogens is 232 g/mol. The second-order valence-corrected chi connectivity index (χ2v) is 5.74. The summed E-state index contributed by atoms with van der Waals surface area (Å²) in [6.07, 6.45) is 0. The molecule has 88 valence electrons. The number of hydrogen-bond donors (Lipinski definition) is 1. The highest BCUT2D eigenvalue weighted by atomic mass is 35.5. The third kappa shape index (κ3) is 1.55. The van der Waals surface area contributed by atoms with E-state index in [-0.39, 0.29) is 11.5 Å². The van der Waals surface area contributed by atoms with Gasteiger partial charge in [-0.25, -0.2) is 4.98 Å². The fourth-order valence-corrected chi connectivity index (χ4v) is 2.86. The number of hydrogen-bond acceptors (Lipinski definition) is 2. The lowest BCUT2D eigenvalue weighted by Gasteiger charge is -2.07. The maximum absolute atomic E-state index is 6.26. The van der Waals surface area contributed by atoms with E-state index in [1.807, 2.05) is 18.2 Å². The van der Waals surface area contributed by atoms with E-state index >= 15 is 0 Å². The SMILES string of the molecule is CC1(C)[C@H](N)[C@H]1c1cc2ccccc2nc1Cl. The third-order valence-electron chi connectivity index (χ3n) is 3.95. The van der Waals surface area contributed by atoms with Crippen molar-refractivity contribution in [1.29, 1.82) is 0 Å². The molecule has 0 aliphatic heterocycles. The number of para-hydroxylation sites is 1. The first kappa shape index (κ1) is 11.0. The predicted molar refractivity (Wildman–Crippen MR) is 71.3 cm³/mol. The van der Waals surface area contributed by atoms with E-state index in [0.717, 1.165) is 16.5 Å². The molecule has 1 heterocycles. The van der Waals surface area contributed by atoms with Gasteiger partial charge in [0.25, 0.3) is 0 Å². The van der Waals surface area contributed by atoms with E-state index < -0.39 is 0 Å². The number of pyridine rings is 1. The van der Waals surface area contributed by atoms with Gasteiger partial charge in [0.15, 0.2) is 0 Å². The van der Waals surface area contributed by atoms with E-state index in [0.29, 0.717) is 11.1 Å². The normalized spacial score (nSPS) is 26.1. The summed E-state index contributed by atoms with van der Waals surface area (Å²) < 4.78 is 0. The van der Waals surface area contributed by atoms with Crippen LogP contribution in [0.3, 0.4) is 0 Å². The van der Waals surface area contributed by atoms with Gasteiger partial charge in [0, 0.05) is 17.3 Å². The summed E-state index contributed by atoms with van der Waals surface area (Å²) in [4.78, 5) is 4.45. The van der Waals surface area contributed by atoms with E-state index in [9.17, 15) is 0 Å². The number of nitrogens with zero attached hydrogens (tertiary/aromatic N) is 1. The molecule has 0 unspecified atom stereocenters. The number of nitrogens with two attached hydrogens (primary N) is 1. The zero-order chi connectivity index (χ0) is 12.2. The van der Waals surface area contributed by atoms with Crippen LogP contribution in [0, 0.1) is 5.41 Å². The lowest BCUT2D eigenvalue weighted by molar-refractivity contribution is 0.599. The van der Waals surface area contributed by atoms with Crippen molar-refractivity contribution in [2.24, 2.45) is 11.1 Å². The van der Waals surface area contributed by atoms with Crippen LogP contribution < -0.4 is 5.73 Å². The number of benzene rings is 1. The maximum atomic E-state index is 6.26. The van der Waals surface area contributed by atoms with Crippen LogP contribution in [0.1, 0.15) is 25.3 Å². The predicted octanol–water partition coefficient (Wildman–Crippen LogP) is 3.34. The summed E-state index contributed by atoms with van der Waals surface area (Å²) in [5.41, 5.74) is 8.26. The zero-order valence-electron chi connectivity index (χ0n) is 9.94. The molecule has 1 aliphatic carbocycles. The Labute approximate surface area is 106 Å². The molecule has 2 aromatic rings. The largest absolute Gasteiger partial charge is 0.327 e. The molecule has 17 heavy (non-hydrogen) atoms. The zero-order valence-corrected chi connectivity index (χ0v) is 10.7. The Morgan fingerprint density at radius 2 is 1.94 bits per heavy atom. The highest BCUT2D eigenvalue weighted by Gasteiger charge is 2.57. The molecule has 3 rings (SSSR count). The molecule has 1 aromatic heterocycles. The van der Waals surface area contributed by atoms with Crippen LogP contribution >= 0.6 is 11.6 Å². The van der Waals surface area contributed by atoms with Gasteiger partial charge in [-0.1, -0.05) is 43.6 Å². The fourth-order valence-electron chi connectivity index (χ4n) is 2.60. The van der Waals surface area contributed by atoms with Crippen molar-refractivity contribution in [2.75, 3.05) is 0 Å². The molecule has 1 aromatic carbocycles. The average molecular weight is 247 g/mol. The summed E-state index contributed by atoms with van der Waals surface area (Å²) in [7, 11) is 0. The van der Waals surface area contributed by atoms with Crippen LogP contribution in [0.15, 0.2) is 30.3 Å². The molecule has 1 fully saturated rings. The highest BCUT2D eigenvalue weighted by Crippen LogP contribution is 2.58. The van der Waals surface area contributed by atoms with E-state index in [2.05, 4.69) is 31.0 Å². The summed E-state index contributed by atoms with van der Waals surface area (Å²) in [5, 5.41) is 1.72. The van der Waals surface area contributed by atoms with Crippen molar-refractivity contribution in [3.05, 3.63) is 41.0 Å². The van der Waals surface area contributed by atoms with Gasteiger partial charge in [-0.05, 0) is 23.1 Å². The second-order valence-electron chi connectivity index (χ2n) is 5.39. The summed E-state index contributed by atoms with van der Waals surface area (Å²) in [6.45, 7) is 4.35. The van der Waals surface area contributed by atoms with Gasteiger partial charge in [-0.15, -0.1) is 0 Å². The van der Waals surface area contributed by atoms with Crippen molar-refractivity contribution >= 4 is 22.5 Å². The lowest BCUT2D eigenvalue weighted by Crippen LogP contribution is -2.06. The molecule has 0 amide bonds. The summed E-state index contributed by atoms with van der Waals surface area (Å²) in [5.74, 6) is 0.326. The van der Waals surface area contributed by atoms with Crippen LogP contribution in [-0.2, 0) is 0 Å². The Balaban J connectivity index is 2.15. The van der Waals surface area contributed by atoms with Crippen molar-refractivity contribution in [2.45, 2.75) is 25.8 Å². The Kier molecular flexibility index (Phi) is 2.22. The molecule has 2 N–H and O–H groups in total. The Bertz CT molecular complexity index is 592. The molecule has 0 spiro atoms. The third-order valence-corrected chi connectivity index (χ3v) is 4.25. The first-order valence-corrected chi connectivity index (χ1v) is 6.20. The van der Waals surface area contributed by atoms with Crippen LogP contribution in [-0.4, -0.2) is 11.0 Å². The van der Waals surface area contributed by atoms with Crippen molar-refractivity contribution in [3.63, 3.8) is 0 Å². The van der Waals surface area contributed by atoms with E-state index in [1.54, 1.807) is 0 Å². The van der Waals surface area contributed by atoms with Crippen LogP contribution in [0.5, 0.6) is 0 Å². The van der Waals surface area contributed by atoms with Gasteiger partial charge >= 0.3 is 0 Å². The van der Waals surface area contributed by atoms with Gasteiger partial charge in [-0.3, -0.25) is 0 Å². The number of fused-ring (bicyclic) bond motifs is 1. The molecule has 3 heteroatoms. The first-order chi connectivity index (χ1) is 8.01. The summed E-state index contributed by atoms with van der Waals surface area (Å²) in [6, 6.07) is 10.3. The number of rotatable bonds is 1. The van der Waals surface area contributed by atoms with Gasteiger partial charge in [-0.2, -0.15) is 0 Å². The Morgan fingerprint density at radius 3 is 2.59 bits per heavy atom. The van der Waals surface area contributed by atoms with Gasteiger partial charge in [0.05, 0.1) is 5.52 Å². The smallest absolute Gasteiger partial charge is 0.133 e. The molecule has 2 nitrogen and oxygen atoms in total. The van der Waals surface area contributed by atoms with Crippen LogP contribution in [0.25, 0.3) is 10.9 Å². The van der Waals surface area contributed by atoms with Gasteiger partial charge in [0.1, 0.15) is 5.15 Å². The summed E-state index contributed by atoms with van der Waals surface area (Å²) >= 11 is 6.26. The molecule has 1 saturated carbocycles. The standard InChI is InChI=1S/C14H15ClN2/c1-14(2)11(12(14)16)9-7-8-5-3-4-6-10(8)17-13(9)15/h3-7,11-12H,16H2,1-2H3/t11-,12-/m1/s1. The van der Waals surface area contributed by atoms with Gasteiger partial charge in [0.2, 0.25) is 0 Å². The average Bonchev–Trinajstić information content (AvgIpc) is 2.77. The number of halogens is 1. The van der Waals surface area contributed by atoms with Crippen LogP contribution in [0.4, 0.5) is 0 Å². The molecule has 0 saturated heterocycles. The van der Waals surface area contributed by atoms with E-state index in [1.165, 1.54) is 0 Å². The molecule has 2 atom stereocenters.